The first-order valence-electron chi connectivity index (χ1n) is 15.8. The van der Waals surface area contributed by atoms with Crippen molar-refractivity contribution in [2.75, 3.05) is 15.8 Å². The minimum atomic E-state index is -1.41. The van der Waals surface area contributed by atoms with Gasteiger partial charge in [-0.1, -0.05) is 129 Å². The van der Waals surface area contributed by atoms with Crippen molar-refractivity contribution in [3.8, 4) is 11.1 Å². The molecule has 0 aromatic heterocycles. The average molecular weight is 884 g/mol. The summed E-state index contributed by atoms with van der Waals surface area (Å²) in [7, 11) is 0. The summed E-state index contributed by atoms with van der Waals surface area (Å²) in [4.78, 5) is 67.6. The van der Waals surface area contributed by atoms with Crippen LogP contribution in [0.3, 0.4) is 0 Å². The summed E-state index contributed by atoms with van der Waals surface area (Å²) in [6.07, 6.45) is -0.960. The van der Waals surface area contributed by atoms with E-state index in [1.807, 2.05) is 107 Å². The lowest BCUT2D eigenvalue weighted by Gasteiger charge is -2.39. The number of hydrogen-bond donors (Lipinski definition) is 0. The Kier molecular flexibility index (Phi) is 13.9. The Hall–Kier alpha value is -2.92. The van der Waals surface area contributed by atoms with E-state index >= 15 is 0 Å². The molecule has 10 nitrogen and oxygen atoms in total. The Morgan fingerprint density at radius 1 is 0.854 bits per heavy atom. The zero-order valence-electron chi connectivity index (χ0n) is 27.4. The van der Waals surface area contributed by atoms with Crippen LogP contribution in [0.15, 0.2) is 78.9 Å². The van der Waals surface area contributed by atoms with Gasteiger partial charge in [-0.3, -0.25) is 9.63 Å². The number of hydrogen-bond acceptors (Lipinski definition) is 8. The highest BCUT2D eigenvalue weighted by Crippen LogP contribution is 2.44. The zero-order valence-corrected chi connectivity index (χ0v) is 31.7. The molecule has 1 aliphatic carbocycles. The zero-order chi connectivity index (χ0) is 34.8. The quantitative estimate of drug-likeness (QED) is 0.0495. The standard InChI is InChI=1S/C36H41I2N2O8/c1-5-25(4)32(19-41)40(48-23-38,36(44)46-20-26-13-7-6-8-14-26)34(42)33(24(2)3)39(47-22-37)35(43)45-21-31-29-17-11-9-15-27(29)28-16-10-12-18-30(28)31/h6-19,24-25,31-33H,5,20-23H2,1-4H3/q+1/t25-,32+,33-,40?/m0/s1. The van der Waals surface area contributed by atoms with Crippen LogP contribution in [0.2, 0.25) is 0 Å². The maximum Gasteiger partial charge on any atom is 0.558 e. The van der Waals surface area contributed by atoms with E-state index in [1.165, 1.54) is 0 Å². The van der Waals surface area contributed by atoms with Gasteiger partial charge in [-0.25, -0.2) is 9.59 Å². The number of imide groups is 1. The lowest BCUT2D eigenvalue weighted by Crippen LogP contribution is -2.70. The summed E-state index contributed by atoms with van der Waals surface area (Å²) >= 11 is 3.80. The molecule has 1 aliphatic rings. The monoisotopic (exact) mass is 883 g/mol. The fraction of sp³-hybridized carbons (Fsp3) is 0.389. The van der Waals surface area contributed by atoms with Gasteiger partial charge in [0.2, 0.25) is 0 Å². The molecule has 0 radical (unpaired) electrons. The van der Waals surface area contributed by atoms with Gasteiger partial charge in [-0.15, -0.1) is 0 Å². The lowest BCUT2D eigenvalue weighted by atomic mass is 9.95. The van der Waals surface area contributed by atoms with Crippen LogP contribution in [0.1, 0.15) is 56.7 Å². The summed E-state index contributed by atoms with van der Waals surface area (Å²) in [6, 6.07) is 22.2. The van der Waals surface area contributed by atoms with Crippen LogP contribution in [-0.2, 0) is 35.3 Å². The average Bonchev–Trinajstić information content (AvgIpc) is 3.42. The van der Waals surface area contributed by atoms with Gasteiger partial charge in [0.25, 0.3) is 0 Å². The van der Waals surface area contributed by atoms with E-state index < -0.39 is 46.7 Å². The Morgan fingerprint density at radius 3 is 1.96 bits per heavy atom. The number of rotatable bonds is 15. The fourth-order valence-corrected chi connectivity index (χ4v) is 6.82. The molecule has 3 aromatic carbocycles. The van der Waals surface area contributed by atoms with Crippen LogP contribution in [0, 0.1) is 11.8 Å². The van der Waals surface area contributed by atoms with Crippen molar-refractivity contribution >= 4 is 69.6 Å². The normalized spacial score (nSPS) is 15.4. The van der Waals surface area contributed by atoms with Gasteiger partial charge in [0, 0.05) is 11.8 Å². The number of quaternary nitrogens is 1. The van der Waals surface area contributed by atoms with E-state index in [9.17, 15) is 19.2 Å². The molecule has 0 saturated carbocycles. The predicted molar refractivity (Wildman–Crippen MR) is 197 cm³/mol. The third-order valence-electron chi connectivity index (χ3n) is 8.68. The molecular weight excluding hydrogens is 842 g/mol. The number of carbonyl (C=O) groups is 4. The van der Waals surface area contributed by atoms with Crippen molar-refractivity contribution in [2.24, 2.45) is 11.8 Å². The topological polar surface area (TPSA) is 108 Å². The van der Waals surface area contributed by atoms with Gasteiger partial charge in [-0.05, 0) is 67.4 Å². The summed E-state index contributed by atoms with van der Waals surface area (Å²) in [5.74, 6) is -2.18. The van der Waals surface area contributed by atoms with E-state index in [1.54, 1.807) is 45.0 Å². The van der Waals surface area contributed by atoms with Crippen LogP contribution in [0.25, 0.3) is 11.1 Å². The molecule has 12 heteroatoms. The Bertz CT molecular complexity index is 1530. The van der Waals surface area contributed by atoms with E-state index in [4.69, 9.17) is 19.1 Å². The molecule has 1 unspecified atom stereocenters. The van der Waals surface area contributed by atoms with Crippen molar-refractivity contribution in [3.63, 3.8) is 0 Å². The molecule has 0 fully saturated rings. The number of aldehydes is 1. The maximum atomic E-state index is 14.9. The minimum Gasteiger partial charge on any atom is -0.447 e. The summed E-state index contributed by atoms with van der Waals surface area (Å²) < 4.78 is 10.1. The van der Waals surface area contributed by atoms with Crippen molar-refractivity contribution in [1.82, 2.24) is 5.06 Å². The Labute approximate surface area is 308 Å². The van der Waals surface area contributed by atoms with Gasteiger partial charge in [-0.2, -0.15) is 14.7 Å². The third kappa shape index (κ3) is 7.93. The van der Waals surface area contributed by atoms with Crippen molar-refractivity contribution in [1.29, 1.82) is 0 Å². The molecule has 256 valence electrons. The number of alkyl halides is 2. The van der Waals surface area contributed by atoms with E-state index in [-0.39, 0.29) is 28.4 Å². The number of hydroxylamine groups is 5. The van der Waals surface area contributed by atoms with Crippen molar-refractivity contribution in [2.45, 2.75) is 58.7 Å². The molecule has 0 spiro atoms. The molecule has 4 rings (SSSR count). The molecule has 0 aliphatic heterocycles. The molecule has 0 bridgehead atoms. The molecular formula is C36H41I2N2O8+. The number of benzene rings is 3. The van der Waals surface area contributed by atoms with Crippen LogP contribution in [-0.4, -0.2) is 62.0 Å². The second kappa shape index (κ2) is 17.7. The van der Waals surface area contributed by atoms with Crippen LogP contribution in [0.5, 0.6) is 0 Å². The Balaban J connectivity index is 1.70. The molecule has 3 amide bonds. The fourth-order valence-electron chi connectivity index (χ4n) is 6.08. The third-order valence-corrected chi connectivity index (χ3v) is 9.24. The van der Waals surface area contributed by atoms with E-state index in [2.05, 4.69) is 0 Å². The van der Waals surface area contributed by atoms with Crippen molar-refractivity contribution < 1.29 is 43.0 Å². The summed E-state index contributed by atoms with van der Waals surface area (Å²) in [5, 5.41) is 0.874. The molecule has 0 saturated heterocycles. The summed E-state index contributed by atoms with van der Waals surface area (Å²) in [6.45, 7) is 6.87. The van der Waals surface area contributed by atoms with Gasteiger partial charge < -0.3 is 9.47 Å². The predicted octanol–water partition coefficient (Wildman–Crippen LogP) is 8.20. The highest BCUT2D eigenvalue weighted by Gasteiger charge is 2.62. The van der Waals surface area contributed by atoms with Crippen LogP contribution < -0.4 is 0 Å². The highest BCUT2D eigenvalue weighted by atomic mass is 127. The van der Waals surface area contributed by atoms with Gasteiger partial charge in [0.1, 0.15) is 17.8 Å². The number of carbonyl (C=O) groups excluding carboxylic acids is 4. The number of fused-ring (bicyclic) bond motifs is 3. The molecule has 4 atom stereocenters. The van der Waals surface area contributed by atoms with Gasteiger partial charge in [0.05, 0.1) is 0 Å². The molecule has 0 N–H and O–H groups in total. The number of ether oxygens (including phenoxy) is 2. The SMILES string of the molecule is CC[C@H](C)[C@@H](C=O)[N+](OCI)(C(=O)OCc1ccccc1)C(=O)[C@H](C(C)C)N(OCI)C(=O)OCC1c2ccccc2-c2ccccc21. The van der Waals surface area contributed by atoms with E-state index in [0.29, 0.717) is 18.3 Å². The first kappa shape index (κ1) is 37.9. The molecule has 3 aromatic rings. The number of halogens is 2. The number of nitrogens with zero attached hydrogens (tertiary/aromatic N) is 2. The first-order chi connectivity index (χ1) is 23.2. The van der Waals surface area contributed by atoms with E-state index in [0.717, 1.165) is 27.3 Å². The smallest absolute Gasteiger partial charge is 0.447 e. The highest BCUT2D eigenvalue weighted by molar-refractivity contribution is 14.1. The number of amides is 3. The molecule has 0 heterocycles. The minimum absolute atomic E-state index is 0.00742. The van der Waals surface area contributed by atoms with Crippen LogP contribution in [0.4, 0.5) is 9.59 Å². The van der Waals surface area contributed by atoms with Crippen molar-refractivity contribution in [3.05, 3.63) is 95.6 Å². The van der Waals surface area contributed by atoms with Gasteiger partial charge in [0.15, 0.2) is 23.0 Å². The molecule has 48 heavy (non-hydrogen) atoms. The largest absolute Gasteiger partial charge is 0.558 e. The second-order valence-electron chi connectivity index (χ2n) is 11.8. The van der Waals surface area contributed by atoms with Crippen LogP contribution >= 0.6 is 45.2 Å². The maximum absolute atomic E-state index is 14.9. The lowest BCUT2D eigenvalue weighted by molar-refractivity contribution is -0.995. The Morgan fingerprint density at radius 2 is 1.44 bits per heavy atom. The van der Waals surface area contributed by atoms with Gasteiger partial charge >= 0.3 is 18.1 Å². The second-order valence-corrected chi connectivity index (χ2v) is 13.1. The first-order valence-corrected chi connectivity index (χ1v) is 18.8. The summed E-state index contributed by atoms with van der Waals surface area (Å²) in [5.41, 5.74) is 4.88.